The number of nitrogen functional groups attached to an aromatic ring is 1. The standard InChI is InChI=1S/C13H12BrNO.C13H14N2O.C13H11N/c2*1-10-7-8-12(14)13(15-10)16-9-11-5-3-2-4-6-11;14-13(11-7-3-1-4-8-11)12-9-5-2-6-10-12/h2-8H,9H2,1H3;2-8H,9,14H2,1H3;1-10,14H. The van der Waals surface area contributed by atoms with Gasteiger partial charge in [0, 0.05) is 11.4 Å². The molecule has 232 valence electrons. The Kier molecular flexibility index (Phi) is 13.1. The maximum Gasteiger partial charge on any atom is 0.237 e. The molecule has 3 N–H and O–H groups in total. The Morgan fingerprint density at radius 1 is 0.565 bits per heavy atom. The Hall–Kier alpha value is -5.27. The van der Waals surface area contributed by atoms with E-state index in [1.165, 1.54) is 0 Å². The lowest BCUT2D eigenvalue weighted by Gasteiger charge is -2.08. The molecule has 0 radical (unpaired) electrons. The van der Waals surface area contributed by atoms with E-state index < -0.39 is 0 Å². The highest BCUT2D eigenvalue weighted by Gasteiger charge is 2.04. The average Bonchev–Trinajstić information content (AvgIpc) is 3.11. The van der Waals surface area contributed by atoms with E-state index >= 15 is 0 Å². The fourth-order valence-electron chi connectivity index (χ4n) is 4.10. The molecule has 0 amide bonds. The minimum atomic E-state index is 0.488. The highest BCUT2D eigenvalue weighted by Crippen LogP contribution is 2.23. The number of nitrogens with zero attached hydrogens (tertiary/aromatic N) is 2. The van der Waals surface area contributed by atoms with Gasteiger partial charge >= 0.3 is 0 Å². The lowest BCUT2D eigenvalue weighted by Crippen LogP contribution is -2.01. The summed E-state index contributed by atoms with van der Waals surface area (Å²) in [6.45, 7) is 4.88. The van der Waals surface area contributed by atoms with Crippen molar-refractivity contribution in [3.63, 3.8) is 0 Å². The smallest absolute Gasteiger partial charge is 0.237 e. The van der Waals surface area contributed by atoms with Gasteiger partial charge in [0.25, 0.3) is 0 Å². The Labute approximate surface area is 279 Å². The first-order chi connectivity index (χ1) is 22.4. The lowest BCUT2D eigenvalue weighted by molar-refractivity contribution is 0.291. The summed E-state index contributed by atoms with van der Waals surface area (Å²) in [7, 11) is 0. The van der Waals surface area contributed by atoms with Gasteiger partial charge in [-0.3, -0.25) is 5.41 Å². The van der Waals surface area contributed by atoms with E-state index in [9.17, 15) is 0 Å². The van der Waals surface area contributed by atoms with Crippen LogP contribution in [0.15, 0.2) is 150 Å². The summed E-state index contributed by atoms with van der Waals surface area (Å²) in [6, 6.07) is 47.1. The molecule has 2 aromatic heterocycles. The molecular formula is C39H37BrN4O2. The first-order valence-corrected chi connectivity index (χ1v) is 15.6. The Morgan fingerprint density at radius 2 is 0.957 bits per heavy atom. The zero-order valence-corrected chi connectivity index (χ0v) is 27.5. The van der Waals surface area contributed by atoms with Gasteiger partial charge in [-0.2, -0.15) is 0 Å². The minimum absolute atomic E-state index is 0.488. The number of aromatic nitrogens is 2. The Balaban J connectivity index is 0.000000157. The molecule has 6 aromatic rings. The van der Waals surface area contributed by atoms with E-state index in [-0.39, 0.29) is 0 Å². The van der Waals surface area contributed by atoms with Gasteiger partial charge in [-0.05, 0) is 76.3 Å². The van der Waals surface area contributed by atoms with Crippen LogP contribution in [0.3, 0.4) is 0 Å². The van der Waals surface area contributed by atoms with Crippen LogP contribution in [0.5, 0.6) is 11.8 Å². The van der Waals surface area contributed by atoms with Crippen LogP contribution in [0.25, 0.3) is 0 Å². The van der Waals surface area contributed by atoms with Crippen molar-refractivity contribution in [1.29, 1.82) is 5.41 Å². The largest absolute Gasteiger partial charge is 0.472 e. The average molecular weight is 674 g/mol. The molecule has 0 saturated carbocycles. The van der Waals surface area contributed by atoms with E-state index in [2.05, 4.69) is 25.9 Å². The minimum Gasteiger partial charge on any atom is -0.472 e. The number of nitrogens with one attached hydrogen (secondary N) is 1. The molecule has 0 aliphatic rings. The van der Waals surface area contributed by atoms with Crippen molar-refractivity contribution in [2.45, 2.75) is 27.1 Å². The summed E-state index contributed by atoms with van der Waals surface area (Å²) in [5, 5.41) is 7.97. The van der Waals surface area contributed by atoms with Crippen LogP contribution in [0.2, 0.25) is 0 Å². The molecule has 6 nitrogen and oxygen atoms in total. The summed E-state index contributed by atoms with van der Waals surface area (Å²) in [5.41, 5.74) is 12.9. The highest BCUT2D eigenvalue weighted by molar-refractivity contribution is 9.10. The number of nitrogens with two attached hydrogens (primary N) is 1. The van der Waals surface area contributed by atoms with E-state index in [4.69, 9.17) is 20.6 Å². The molecule has 0 saturated heterocycles. The van der Waals surface area contributed by atoms with Gasteiger partial charge in [-0.25, -0.2) is 9.97 Å². The molecule has 46 heavy (non-hydrogen) atoms. The number of halogens is 1. The van der Waals surface area contributed by atoms with Crippen LogP contribution < -0.4 is 15.2 Å². The molecule has 4 aromatic carbocycles. The third-order valence-corrected chi connectivity index (χ3v) is 7.15. The van der Waals surface area contributed by atoms with Gasteiger partial charge in [0.2, 0.25) is 11.8 Å². The predicted octanol–water partition coefficient (Wildman–Crippen LogP) is 9.39. The molecule has 7 heteroatoms. The summed E-state index contributed by atoms with van der Waals surface area (Å²) in [4.78, 5) is 8.56. The van der Waals surface area contributed by atoms with E-state index in [1.54, 1.807) is 0 Å². The number of hydrogen-bond acceptors (Lipinski definition) is 6. The number of benzene rings is 4. The molecule has 0 bridgehead atoms. The van der Waals surface area contributed by atoms with Crippen molar-refractivity contribution in [3.8, 4) is 11.8 Å². The summed E-state index contributed by atoms with van der Waals surface area (Å²) in [5.74, 6) is 1.15. The second-order valence-corrected chi connectivity index (χ2v) is 11.1. The molecule has 6 rings (SSSR count). The zero-order valence-electron chi connectivity index (χ0n) is 25.9. The van der Waals surface area contributed by atoms with Gasteiger partial charge in [-0.15, -0.1) is 0 Å². The van der Waals surface area contributed by atoms with Crippen LogP contribution in [-0.2, 0) is 13.2 Å². The molecule has 0 unspecified atom stereocenters. The summed E-state index contributed by atoms with van der Waals surface area (Å²) in [6.07, 6.45) is 0. The van der Waals surface area contributed by atoms with Crippen molar-refractivity contribution in [3.05, 3.63) is 184 Å². The lowest BCUT2D eigenvalue weighted by atomic mass is 10.0. The van der Waals surface area contributed by atoms with Gasteiger partial charge in [0.1, 0.15) is 13.2 Å². The van der Waals surface area contributed by atoms with Crippen molar-refractivity contribution >= 4 is 27.3 Å². The van der Waals surface area contributed by atoms with Crippen molar-refractivity contribution in [2.75, 3.05) is 5.73 Å². The van der Waals surface area contributed by atoms with Gasteiger partial charge in [-0.1, -0.05) is 121 Å². The van der Waals surface area contributed by atoms with Crippen LogP contribution in [0.4, 0.5) is 5.69 Å². The van der Waals surface area contributed by atoms with Gasteiger partial charge in [0.15, 0.2) is 0 Å². The molecule has 0 atom stereocenters. The van der Waals surface area contributed by atoms with E-state index in [1.807, 2.05) is 159 Å². The second-order valence-electron chi connectivity index (χ2n) is 10.2. The maximum absolute atomic E-state index is 7.97. The first kappa shape index (κ1) is 33.6. The van der Waals surface area contributed by atoms with E-state index in [0.717, 1.165) is 38.1 Å². The number of anilines is 1. The summed E-state index contributed by atoms with van der Waals surface area (Å²) < 4.78 is 12.1. The SMILES string of the molecule is Cc1ccc(Br)c(OCc2ccccc2)n1.Cc1ccc(N)c(OCc2ccccc2)n1.N=C(c1ccccc1)c1ccccc1. The monoisotopic (exact) mass is 672 g/mol. The van der Waals surface area contributed by atoms with Gasteiger partial charge in [0.05, 0.1) is 15.9 Å². The molecule has 0 fully saturated rings. The second kappa shape index (κ2) is 17.9. The molecule has 0 aliphatic carbocycles. The number of aryl methyl sites for hydroxylation is 2. The van der Waals surface area contributed by atoms with Crippen LogP contribution in [0.1, 0.15) is 33.6 Å². The topological polar surface area (TPSA) is 94.1 Å². The zero-order chi connectivity index (χ0) is 32.6. The van der Waals surface area contributed by atoms with Crippen LogP contribution in [0, 0.1) is 19.3 Å². The fraction of sp³-hybridized carbons (Fsp3) is 0.103. The van der Waals surface area contributed by atoms with Gasteiger partial charge < -0.3 is 15.2 Å². The molecule has 0 aliphatic heterocycles. The van der Waals surface area contributed by atoms with Crippen molar-refractivity contribution in [1.82, 2.24) is 9.97 Å². The first-order valence-electron chi connectivity index (χ1n) is 14.8. The summed E-state index contributed by atoms with van der Waals surface area (Å²) >= 11 is 3.42. The third kappa shape index (κ3) is 11.0. The normalized spacial score (nSPS) is 9.98. The molecular weight excluding hydrogens is 636 g/mol. The Morgan fingerprint density at radius 3 is 1.43 bits per heavy atom. The number of hydrogen-bond donors (Lipinski definition) is 2. The van der Waals surface area contributed by atoms with Crippen molar-refractivity contribution in [2.24, 2.45) is 0 Å². The predicted molar refractivity (Wildman–Crippen MR) is 190 cm³/mol. The highest BCUT2D eigenvalue weighted by atomic mass is 79.9. The maximum atomic E-state index is 7.97. The number of ether oxygens (including phenoxy) is 2. The molecule has 2 heterocycles. The number of pyridine rings is 2. The Bertz CT molecular complexity index is 1650. The van der Waals surface area contributed by atoms with Crippen LogP contribution in [-0.4, -0.2) is 15.7 Å². The molecule has 0 spiro atoms. The van der Waals surface area contributed by atoms with E-state index in [0.29, 0.717) is 36.4 Å². The quantitative estimate of drug-likeness (QED) is 0.157. The van der Waals surface area contributed by atoms with Crippen molar-refractivity contribution < 1.29 is 9.47 Å². The third-order valence-electron chi connectivity index (χ3n) is 6.54. The fourth-order valence-corrected chi connectivity index (χ4v) is 4.44. The van der Waals surface area contributed by atoms with Crippen LogP contribution >= 0.6 is 15.9 Å². The number of rotatable bonds is 8.